The van der Waals surface area contributed by atoms with E-state index >= 15 is 0 Å². The number of hydrogen-bond acceptors (Lipinski definition) is 3. The van der Waals surface area contributed by atoms with Gasteiger partial charge in [-0.3, -0.25) is 19.8 Å². The highest BCUT2D eigenvalue weighted by Gasteiger charge is 2.25. The smallest absolute Gasteiger partial charge is 0.328 e. The van der Waals surface area contributed by atoms with Gasteiger partial charge < -0.3 is 5.32 Å². The third-order valence-electron chi connectivity index (χ3n) is 4.25. The Kier molecular flexibility index (Phi) is 6.36. The molecule has 0 fully saturated rings. The van der Waals surface area contributed by atoms with Crippen LogP contribution in [0.25, 0.3) is 0 Å². The lowest BCUT2D eigenvalue weighted by Crippen LogP contribution is -2.52. The highest BCUT2D eigenvalue weighted by Crippen LogP contribution is 2.07. The van der Waals surface area contributed by atoms with E-state index in [0.29, 0.717) is 12.1 Å². The molecule has 6 nitrogen and oxygen atoms in total. The van der Waals surface area contributed by atoms with Crippen molar-refractivity contribution >= 4 is 17.8 Å². The molecule has 28 heavy (non-hydrogen) atoms. The Morgan fingerprint density at radius 1 is 0.929 bits per heavy atom. The molecule has 2 aromatic carbocycles. The first-order chi connectivity index (χ1) is 13.6. The third kappa shape index (κ3) is 5.17. The summed E-state index contributed by atoms with van der Waals surface area (Å²) in [5, 5.41) is 5.11. The molecule has 0 spiro atoms. The van der Waals surface area contributed by atoms with Gasteiger partial charge in [-0.2, -0.15) is 0 Å². The fourth-order valence-corrected chi connectivity index (χ4v) is 2.77. The van der Waals surface area contributed by atoms with Crippen molar-refractivity contribution in [2.24, 2.45) is 0 Å². The number of amides is 4. The summed E-state index contributed by atoms with van der Waals surface area (Å²) in [6, 6.07) is 16.6. The highest BCUT2D eigenvalue weighted by molar-refractivity contribution is 6.01. The Morgan fingerprint density at radius 3 is 2.25 bits per heavy atom. The maximum Gasteiger partial charge on any atom is 0.328 e. The molecule has 1 heterocycles. The lowest BCUT2D eigenvalue weighted by Gasteiger charge is -2.22. The van der Waals surface area contributed by atoms with Crippen LogP contribution in [0.15, 0.2) is 85.1 Å². The van der Waals surface area contributed by atoms with E-state index in [4.69, 9.17) is 0 Å². The number of imide groups is 1. The summed E-state index contributed by atoms with van der Waals surface area (Å²) in [6.45, 7) is 0.384. The van der Waals surface area contributed by atoms with Gasteiger partial charge in [-0.1, -0.05) is 60.7 Å². The van der Waals surface area contributed by atoms with Crippen LogP contribution in [-0.2, 0) is 11.2 Å². The highest BCUT2D eigenvalue weighted by atomic mass is 16.2. The Hall–Kier alpha value is -3.67. The summed E-state index contributed by atoms with van der Waals surface area (Å²) >= 11 is 0. The summed E-state index contributed by atoms with van der Waals surface area (Å²) in [7, 11) is 0. The van der Waals surface area contributed by atoms with E-state index in [1.807, 2.05) is 48.6 Å². The predicted octanol–water partition coefficient (Wildman–Crippen LogP) is 2.65. The van der Waals surface area contributed by atoms with Crippen molar-refractivity contribution < 1.29 is 14.4 Å². The zero-order chi connectivity index (χ0) is 19.8. The number of benzene rings is 2. The monoisotopic (exact) mass is 375 g/mol. The summed E-state index contributed by atoms with van der Waals surface area (Å²) in [4.78, 5) is 39.0. The molecule has 142 valence electrons. The van der Waals surface area contributed by atoms with Crippen LogP contribution in [0.3, 0.4) is 0 Å². The molecule has 6 heteroatoms. The second kappa shape index (κ2) is 9.32. The number of allylic oxidation sites excluding steroid dienone is 2. The van der Waals surface area contributed by atoms with Gasteiger partial charge in [-0.15, -0.1) is 0 Å². The molecule has 0 aromatic heterocycles. The van der Waals surface area contributed by atoms with Gasteiger partial charge in [0.05, 0.1) is 0 Å². The lowest BCUT2D eigenvalue weighted by atomic mass is 10.0. The number of nitrogens with zero attached hydrogens (tertiary/aromatic N) is 1. The van der Waals surface area contributed by atoms with Crippen LogP contribution >= 0.6 is 0 Å². The van der Waals surface area contributed by atoms with Crippen LogP contribution in [0.5, 0.6) is 0 Å². The van der Waals surface area contributed by atoms with Crippen molar-refractivity contribution in [2.45, 2.75) is 12.5 Å². The molecule has 0 saturated heterocycles. The molecule has 1 aliphatic rings. The summed E-state index contributed by atoms with van der Waals surface area (Å²) in [5.74, 6) is -0.925. The van der Waals surface area contributed by atoms with Crippen molar-refractivity contribution in [1.82, 2.24) is 15.5 Å². The van der Waals surface area contributed by atoms with Crippen molar-refractivity contribution in [3.05, 3.63) is 96.2 Å². The van der Waals surface area contributed by atoms with Gasteiger partial charge in [0.1, 0.15) is 6.04 Å². The van der Waals surface area contributed by atoms with Crippen molar-refractivity contribution in [2.75, 3.05) is 6.54 Å². The number of rotatable bonds is 5. The van der Waals surface area contributed by atoms with Crippen LogP contribution in [-0.4, -0.2) is 35.3 Å². The van der Waals surface area contributed by atoms with Crippen LogP contribution < -0.4 is 10.6 Å². The molecule has 2 N–H and O–H groups in total. The van der Waals surface area contributed by atoms with Gasteiger partial charge in [0, 0.05) is 24.7 Å². The van der Waals surface area contributed by atoms with Crippen LogP contribution in [0, 0.1) is 0 Å². The van der Waals surface area contributed by atoms with Gasteiger partial charge >= 0.3 is 6.03 Å². The first-order valence-corrected chi connectivity index (χ1v) is 8.98. The number of nitrogens with one attached hydrogen (secondary N) is 2. The summed E-state index contributed by atoms with van der Waals surface area (Å²) in [5.41, 5.74) is 1.33. The first-order valence-electron chi connectivity index (χ1n) is 8.98. The molecule has 0 unspecified atom stereocenters. The molecule has 0 saturated carbocycles. The molecule has 1 atom stereocenters. The standard InChI is InChI=1S/C22H21N3O3/c26-20(18-12-6-2-7-13-18)23-19(16-17-10-4-1-5-11-17)21(27)24-22(28)25-14-8-3-9-15-25/h1-14,19H,15-16H2,(H,23,26)(H,24,27,28)/t19-/m0/s1. The summed E-state index contributed by atoms with van der Waals surface area (Å²) < 4.78 is 0. The third-order valence-corrected chi connectivity index (χ3v) is 4.25. The van der Waals surface area contributed by atoms with E-state index in [0.717, 1.165) is 5.56 Å². The average Bonchev–Trinajstić information content (AvgIpc) is 2.75. The predicted molar refractivity (Wildman–Crippen MR) is 106 cm³/mol. The van der Waals surface area contributed by atoms with Crippen molar-refractivity contribution in [3.8, 4) is 0 Å². The SMILES string of the molecule is O=C(N[C@@H](Cc1ccccc1)C(=O)NC(=O)N1C=CC=CC1)c1ccccc1. The van der Waals surface area contributed by atoms with Gasteiger partial charge in [-0.05, 0) is 23.8 Å². The second-order valence-corrected chi connectivity index (χ2v) is 6.30. The van der Waals surface area contributed by atoms with Crippen LogP contribution in [0.1, 0.15) is 15.9 Å². The lowest BCUT2D eigenvalue weighted by molar-refractivity contribution is -0.122. The molecule has 0 aliphatic carbocycles. The largest absolute Gasteiger partial charge is 0.340 e. The fourth-order valence-electron chi connectivity index (χ4n) is 2.77. The van der Waals surface area contributed by atoms with Gasteiger partial charge in [0.15, 0.2) is 0 Å². The number of carbonyl (C=O) groups excluding carboxylic acids is 3. The summed E-state index contributed by atoms with van der Waals surface area (Å²) in [6.07, 6.45) is 7.21. The van der Waals surface area contributed by atoms with Crippen LogP contribution in [0.4, 0.5) is 4.79 Å². The number of carbonyl (C=O) groups is 3. The molecule has 0 bridgehead atoms. The molecular formula is C22H21N3O3. The van der Waals surface area contributed by atoms with Crippen molar-refractivity contribution in [3.63, 3.8) is 0 Å². The number of urea groups is 1. The minimum Gasteiger partial charge on any atom is -0.340 e. The minimum absolute atomic E-state index is 0.272. The maximum atomic E-state index is 12.8. The fraction of sp³-hybridized carbons (Fsp3) is 0.136. The molecule has 1 aliphatic heterocycles. The Morgan fingerprint density at radius 2 is 1.61 bits per heavy atom. The van der Waals surface area contributed by atoms with Gasteiger partial charge in [-0.25, -0.2) is 4.79 Å². The molecule has 2 aromatic rings. The number of hydrogen-bond donors (Lipinski definition) is 2. The van der Waals surface area contributed by atoms with Gasteiger partial charge in [0.2, 0.25) is 0 Å². The van der Waals surface area contributed by atoms with E-state index in [9.17, 15) is 14.4 Å². The zero-order valence-corrected chi connectivity index (χ0v) is 15.2. The second-order valence-electron chi connectivity index (χ2n) is 6.30. The molecule has 4 amide bonds. The van der Waals surface area contributed by atoms with Crippen LogP contribution in [0.2, 0.25) is 0 Å². The van der Waals surface area contributed by atoms with Crippen molar-refractivity contribution in [1.29, 1.82) is 0 Å². The van der Waals surface area contributed by atoms with E-state index in [2.05, 4.69) is 10.6 Å². The Balaban J connectivity index is 1.72. The van der Waals surface area contributed by atoms with E-state index in [1.54, 1.807) is 36.5 Å². The van der Waals surface area contributed by atoms with Gasteiger partial charge in [0.25, 0.3) is 11.8 Å². The minimum atomic E-state index is -0.886. The molecular weight excluding hydrogens is 354 g/mol. The quantitative estimate of drug-likeness (QED) is 0.843. The normalized spacial score (nSPS) is 13.6. The Bertz CT molecular complexity index is 892. The molecule has 0 radical (unpaired) electrons. The Labute approximate surface area is 163 Å². The van der Waals surface area contributed by atoms with E-state index in [-0.39, 0.29) is 12.3 Å². The first kappa shape index (κ1) is 19.1. The maximum absolute atomic E-state index is 12.8. The van der Waals surface area contributed by atoms with E-state index < -0.39 is 18.0 Å². The molecule has 3 rings (SSSR count). The topological polar surface area (TPSA) is 78.5 Å². The van der Waals surface area contributed by atoms with E-state index in [1.165, 1.54) is 4.90 Å². The zero-order valence-electron chi connectivity index (χ0n) is 15.2. The average molecular weight is 375 g/mol.